The lowest BCUT2D eigenvalue weighted by atomic mass is 9.99. The molecule has 1 N–H and O–H groups in total. The molecule has 0 heterocycles. The van der Waals surface area contributed by atoms with E-state index in [-0.39, 0.29) is 5.91 Å². The van der Waals surface area contributed by atoms with Crippen molar-refractivity contribution >= 4 is 5.91 Å². The van der Waals surface area contributed by atoms with Gasteiger partial charge >= 0.3 is 0 Å². The molecule has 0 fully saturated rings. The van der Waals surface area contributed by atoms with Gasteiger partial charge in [0.15, 0.2) is 0 Å². The Labute approximate surface area is 104 Å². The van der Waals surface area contributed by atoms with Crippen molar-refractivity contribution in [1.29, 1.82) is 0 Å². The maximum absolute atomic E-state index is 11.8. The SMILES string of the molecule is CCCC[C@@H](CC)CNC(=O)c1ccccc1. The first kappa shape index (κ1) is 13.8. The van der Waals surface area contributed by atoms with Crippen LogP contribution in [-0.2, 0) is 0 Å². The zero-order valence-electron chi connectivity index (χ0n) is 10.9. The second kappa shape index (κ2) is 7.88. The number of hydrogen-bond acceptors (Lipinski definition) is 1. The van der Waals surface area contributed by atoms with Crippen LogP contribution in [0.4, 0.5) is 0 Å². The second-order valence-electron chi connectivity index (χ2n) is 4.49. The molecule has 2 heteroatoms. The minimum absolute atomic E-state index is 0.0422. The molecule has 2 nitrogen and oxygen atoms in total. The van der Waals surface area contributed by atoms with Crippen LogP contribution >= 0.6 is 0 Å². The summed E-state index contributed by atoms with van der Waals surface area (Å²) in [4.78, 5) is 11.8. The summed E-state index contributed by atoms with van der Waals surface area (Å²) in [5, 5.41) is 3.02. The largest absolute Gasteiger partial charge is 0.352 e. The predicted molar refractivity (Wildman–Crippen MR) is 72.1 cm³/mol. The zero-order chi connectivity index (χ0) is 12.5. The van der Waals surface area contributed by atoms with Crippen molar-refractivity contribution in [3.8, 4) is 0 Å². The normalized spacial score (nSPS) is 12.1. The summed E-state index contributed by atoms with van der Waals surface area (Å²) in [5.41, 5.74) is 0.748. The summed E-state index contributed by atoms with van der Waals surface area (Å²) in [6, 6.07) is 9.41. The van der Waals surface area contributed by atoms with E-state index in [0.29, 0.717) is 5.92 Å². The highest BCUT2D eigenvalue weighted by molar-refractivity contribution is 5.94. The molecule has 0 aliphatic carbocycles. The van der Waals surface area contributed by atoms with E-state index in [1.54, 1.807) is 0 Å². The molecule has 0 unspecified atom stereocenters. The molecule has 0 aromatic heterocycles. The molecule has 0 bridgehead atoms. The molecule has 1 rings (SSSR count). The third-order valence-corrected chi connectivity index (χ3v) is 3.13. The number of nitrogens with one attached hydrogen (secondary N) is 1. The van der Waals surface area contributed by atoms with E-state index >= 15 is 0 Å². The summed E-state index contributed by atoms with van der Waals surface area (Å²) >= 11 is 0. The fraction of sp³-hybridized carbons (Fsp3) is 0.533. The van der Waals surface area contributed by atoms with Crippen LogP contribution in [-0.4, -0.2) is 12.5 Å². The molecule has 0 aliphatic heterocycles. The van der Waals surface area contributed by atoms with Gasteiger partial charge < -0.3 is 5.32 Å². The minimum atomic E-state index is 0.0422. The number of amides is 1. The van der Waals surface area contributed by atoms with Crippen molar-refractivity contribution in [1.82, 2.24) is 5.32 Å². The fourth-order valence-corrected chi connectivity index (χ4v) is 1.87. The lowest BCUT2D eigenvalue weighted by molar-refractivity contribution is 0.0946. The molecule has 1 aromatic carbocycles. The molecule has 17 heavy (non-hydrogen) atoms. The van der Waals surface area contributed by atoms with Crippen molar-refractivity contribution in [2.45, 2.75) is 39.5 Å². The van der Waals surface area contributed by atoms with Crippen molar-refractivity contribution in [3.05, 3.63) is 35.9 Å². The maximum Gasteiger partial charge on any atom is 0.251 e. The summed E-state index contributed by atoms with van der Waals surface area (Å²) in [6.45, 7) is 5.19. The highest BCUT2D eigenvalue weighted by atomic mass is 16.1. The van der Waals surface area contributed by atoms with E-state index < -0.39 is 0 Å². The topological polar surface area (TPSA) is 29.1 Å². The Balaban J connectivity index is 2.36. The van der Waals surface area contributed by atoms with Crippen molar-refractivity contribution in [2.24, 2.45) is 5.92 Å². The first-order chi connectivity index (χ1) is 8.27. The van der Waals surface area contributed by atoms with Crippen LogP contribution in [0.5, 0.6) is 0 Å². The van der Waals surface area contributed by atoms with Gasteiger partial charge in [-0.2, -0.15) is 0 Å². The van der Waals surface area contributed by atoms with Gasteiger partial charge in [0.25, 0.3) is 5.91 Å². The van der Waals surface area contributed by atoms with E-state index in [2.05, 4.69) is 19.2 Å². The van der Waals surface area contributed by atoms with Gasteiger partial charge in [-0.1, -0.05) is 51.3 Å². The van der Waals surface area contributed by atoms with Gasteiger partial charge in [-0.15, -0.1) is 0 Å². The van der Waals surface area contributed by atoms with E-state index in [1.165, 1.54) is 19.3 Å². The van der Waals surface area contributed by atoms with Crippen LogP contribution < -0.4 is 5.32 Å². The van der Waals surface area contributed by atoms with Crippen molar-refractivity contribution in [2.75, 3.05) is 6.54 Å². The van der Waals surface area contributed by atoms with Gasteiger partial charge in [0.05, 0.1) is 0 Å². The fourth-order valence-electron chi connectivity index (χ4n) is 1.87. The van der Waals surface area contributed by atoms with Crippen molar-refractivity contribution < 1.29 is 4.79 Å². The number of carbonyl (C=O) groups excluding carboxylic acids is 1. The van der Waals surface area contributed by atoms with Crippen LogP contribution in [0.2, 0.25) is 0 Å². The van der Waals surface area contributed by atoms with Crippen LogP contribution in [0, 0.1) is 5.92 Å². The number of benzene rings is 1. The lowest BCUT2D eigenvalue weighted by Gasteiger charge is -2.15. The molecular formula is C15H23NO. The van der Waals surface area contributed by atoms with E-state index in [4.69, 9.17) is 0 Å². The summed E-state index contributed by atoms with van der Waals surface area (Å²) in [6.07, 6.45) is 4.82. The molecule has 1 amide bonds. The maximum atomic E-state index is 11.8. The molecule has 1 atom stereocenters. The van der Waals surface area contributed by atoms with E-state index in [9.17, 15) is 4.79 Å². The summed E-state index contributed by atoms with van der Waals surface area (Å²) in [5.74, 6) is 0.656. The number of hydrogen-bond donors (Lipinski definition) is 1. The minimum Gasteiger partial charge on any atom is -0.352 e. The van der Waals surface area contributed by atoms with E-state index in [1.807, 2.05) is 30.3 Å². The Morgan fingerprint density at radius 3 is 2.53 bits per heavy atom. The Morgan fingerprint density at radius 1 is 1.24 bits per heavy atom. The number of unbranched alkanes of at least 4 members (excludes halogenated alkanes) is 1. The standard InChI is InChI=1S/C15H23NO/c1-3-5-9-13(4-2)12-16-15(17)14-10-7-6-8-11-14/h6-8,10-11,13H,3-5,9,12H2,1-2H3,(H,16,17)/t13-/m1/s1. The Kier molecular flexibility index (Phi) is 6.38. The molecule has 0 saturated heterocycles. The lowest BCUT2D eigenvalue weighted by Crippen LogP contribution is -2.29. The zero-order valence-corrected chi connectivity index (χ0v) is 10.9. The third kappa shape index (κ3) is 5.03. The van der Waals surface area contributed by atoms with Gasteiger partial charge in [-0.3, -0.25) is 4.79 Å². The summed E-state index contributed by atoms with van der Waals surface area (Å²) < 4.78 is 0. The monoisotopic (exact) mass is 233 g/mol. The molecule has 0 aliphatic rings. The first-order valence-corrected chi connectivity index (χ1v) is 6.61. The molecule has 0 radical (unpaired) electrons. The van der Waals surface area contributed by atoms with Crippen LogP contribution in [0.25, 0.3) is 0 Å². The Morgan fingerprint density at radius 2 is 1.94 bits per heavy atom. The van der Waals surface area contributed by atoms with Gasteiger partial charge in [0.1, 0.15) is 0 Å². The number of carbonyl (C=O) groups is 1. The van der Waals surface area contributed by atoms with Crippen molar-refractivity contribution in [3.63, 3.8) is 0 Å². The Bertz CT molecular complexity index is 321. The third-order valence-electron chi connectivity index (χ3n) is 3.13. The van der Waals surface area contributed by atoms with Gasteiger partial charge in [0, 0.05) is 12.1 Å². The van der Waals surface area contributed by atoms with E-state index in [0.717, 1.165) is 18.5 Å². The molecule has 1 aromatic rings. The Hall–Kier alpha value is -1.31. The van der Waals surface area contributed by atoms with Crippen LogP contribution in [0.3, 0.4) is 0 Å². The van der Waals surface area contributed by atoms with Gasteiger partial charge in [-0.05, 0) is 24.5 Å². The summed E-state index contributed by atoms with van der Waals surface area (Å²) in [7, 11) is 0. The average Bonchev–Trinajstić information content (AvgIpc) is 2.39. The van der Waals surface area contributed by atoms with Gasteiger partial charge in [0.2, 0.25) is 0 Å². The van der Waals surface area contributed by atoms with Crippen LogP contribution in [0.15, 0.2) is 30.3 Å². The highest BCUT2D eigenvalue weighted by Crippen LogP contribution is 2.11. The van der Waals surface area contributed by atoms with Gasteiger partial charge in [-0.25, -0.2) is 0 Å². The highest BCUT2D eigenvalue weighted by Gasteiger charge is 2.09. The smallest absolute Gasteiger partial charge is 0.251 e. The second-order valence-corrected chi connectivity index (χ2v) is 4.49. The molecular weight excluding hydrogens is 210 g/mol. The molecule has 94 valence electrons. The number of rotatable bonds is 7. The molecule has 0 saturated carbocycles. The quantitative estimate of drug-likeness (QED) is 0.765. The van der Waals surface area contributed by atoms with Crippen LogP contribution in [0.1, 0.15) is 49.9 Å². The first-order valence-electron chi connectivity index (χ1n) is 6.61. The average molecular weight is 233 g/mol. The predicted octanol–water partition coefficient (Wildman–Crippen LogP) is 3.63. The molecule has 0 spiro atoms.